The lowest BCUT2D eigenvalue weighted by molar-refractivity contribution is -0.120. The Labute approximate surface area is 184 Å². The van der Waals surface area contributed by atoms with Crippen molar-refractivity contribution in [2.24, 2.45) is 5.92 Å². The Morgan fingerprint density at radius 1 is 1.10 bits per heavy atom. The van der Waals surface area contributed by atoms with Gasteiger partial charge in [0.15, 0.2) is 0 Å². The maximum absolute atomic E-state index is 13.0. The summed E-state index contributed by atoms with van der Waals surface area (Å²) in [5, 5.41) is 2.80. The van der Waals surface area contributed by atoms with E-state index in [0.29, 0.717) is 30.8 Å². The third kappa shape index (κ3) is 5.44. The van der Waals surface area contributed by atoms with E-state index in [0.717, 1.165) is 16.1 Å². The summed E-state index contributed by atoms with van der Waals surface area (Å²) in [4.78, 5) is 13.1. The molecule has 1 aliphatic heterocycles. The highest BCUT2D eigenvalue weighted by molar-refractivity contribution is 7.92. The van der Waals surface area contributed by atoms with Gasteiger partial charge >= 0.3 is 0 Å². The zero-order valence-electron chi connectivity index (χ0n) is 17.8. The molecule has 1 fully saturated rings. The lowest BCUT2D eigenvalue weighted by Crippen LogP contribution is -2.43. The number of rotatable bonds is 6. The average molecular weight is 466 g/mol. The lowest BCUT2D eigenvalue weighted by Gasteiger charge is -2.31. The topological polar surface area (TPSA) is 104 Å². The summed E-state index contributed by atoms with van der Waals surface area (Å²) in [6.45, 7) is 2.36. The van der Waals surface area contributed by atoms with Crippen molar-refractivity contribution in [2.45, 2.75) is 24.7 Å². The Kier molecular flexibility index (Phi) is 6.73. The van der Waals surface area contributed by atoms with Gasteiger partial charge in [0.2, 0.25) is 26.0 Å². The summed E-state index contributed by atoms with van der Waals surface area (Å²) in [6.07, 6.45) is 2.26. The minimum atomic E-state index is -3.67. The highest BCUT2D eigenvalue weighted by Gasteiger charge is 2.33. The smallest absolute Gasteiger partial charge is 0.243 e. The van der Waals surface area contributed by atoms with Gasteiger partial charge in [0, 0.05) is 25.8 Å². The third-order valence-electron chi connectivity index (χ3n) is 5.39. The van der Waals surface area contributed by atoms with Gasteiger partial charge in [-0.1, -0.05) is 23.8 Å². The van der Waals surface area contributed by atoms with Gasteiger partial charge in [-0.2, -0.15) is 4.31 Å². The Morgan fingerprint density at radius 2 is 1.77 bits per heavy atom. The van der Waals surface area contributed by atoms with E-state index in [2.05, 4.69) is 5.32 Å². The highest BCUT2D eigenvalue weighted by Crippen LogP contribution is 2.26. The number of hydrogen-bond donors (Lipinski definition) is 1. The lowest BCUT2D eigenvalue weighted by atomic mass is 9.98. The van der Waals surface area contributed by atoms with E-state index >= 15 is 0 Å². The molecule has 1 amide bonds. The van der Waals surface area contributed by atoms with Gasteiger partial charge in [-0.25, -0.2) is 16.8 Å². The Morgan fingerprint density at radius 3 is 2.42 bits per heavy atom. The molecular formula is C21H27N3O5S2. The van der Waals surface area contributed by atoms with Gasteiger partial charge in [-0.15, -0.1) is 0 Å². The summed E-state index contributed by atoms with van der Waals surface area (Å²) in [5.41, 5.74) is 1.85. The molecule has 0 radical (unpaired) electrons. The zero-order valence-corrected chi connectivity index (χ0v) is 19.4. The number of benzene rings is 2. The molecule has 2 aromatic carbocycles. The minimum absolute atomic E-state index is 0.102. The van der Waals surface area contributed by atoms with E-state index < -0.39 is 26.0 Å². The molecule has 0 saturated carbocycles. The number of aryl methyl sites for hydroxylation is 1. The summed E-state index contributed by atoms with van der Waals surface area (Å²) in [7, 11) is -5.66. The van der Waals surface area contributed by atoms with Crippen LogP contribution in [0.3, 0.4) is 0 Å². The van der Waals surface area contributed by atoms with Crippen molar-refractivity contribution in [3.63, 3.8) is 0 Å². The monoisotopic (exact) mass is 465 g/mol. The van der Waals surface area contributed by atoms with E-state index in [-0.39, 0.29) is 17.3 Å². The average Bonchev–Trinajstić information content (AvgIpc) is 2.73. The number of carbonyl (C=O) groups is 1. The molecule has 3 rings (SSSR count). The molecule has 0 aliphatic carbocycles. The minimum Gasteiger partial charge on any atom is -0.326 e. The standard InChI is InChI=1S/C21H27N3O5S2/c1-16-9-11-20(12-10-16)31(28,29)24-13-5-6-17(15-24)21(25)22-18-7-4-8-19(14-18)23(2)30(3,26)27/h4,7-12,14,17H,5-6,13,15H2,1-3H3,(H,22,25)/t17-/m1/s1. The van der Waals surface area contributed by atoms with E-state index in [4.69, 9.17) is 0 Å². The second-order valence-corrected chi connectivity index (χ2v) is 11.7. The molecule has 1 aliphatic rings. The number of piperidine rings is 1. The van der Waals surface area contributed by atoms with Crippen LogP contribution in [-0.2, 0) is 24.8 Å². The molecule has 10 heteroatoms. The van der Waals surface area contributed by atoms with Crippen LogP contribution in [0, 0.1) is 12.8 Å². The molecule has 0 spiro atoms. The van der Waals surface area contributed by atoms with Crippen LogP contribution in [0.15, 0.2) is 53.4 Å². The zero-order chi connectivity index (χ0) is 22.8. The summed E-state index contributed by atoms with van der Waals surface area (Å²) < 4.78 is 51.9. The van der Waals surface area contributed by atoms with Gasteiger partial charge in [-0.05, 0) is 50.1 Å². The van der Waals surface area contributed by atoms with Crippen LogP contribution in [0.4, 0.5) is 11.4 Å². The van der Waals surface area contributed by atoms with Crippen molar-refractivity contribution < 1.29 is 21.6 Å². The number of hydrogen-bond acceptors (Lipinski definition) is 5. The van der Waals surface area contributed by atoms with Crippen molar-refractivity contribution in [2.75, 3.05) is 36.0 Å². The van der Waals surface area contributed by atoms with E-state index in [1.165, 1.54) is 11.4 Å². The van der Waals surface area contributed by atoms with Crippen molar-refractivity contribution >= 4 is 37.3 Å². The molecular weight excluding hydrogens is 438 g/mol. The molecule has 1 saturated heterocycles. The predicted octanol–water partition coefficient (Wildman–Crippen LogP) is 2.43. The molecule has 1 atom stereocenters. The summed E-state index contributed by atoms with van der Waals surface area (Å²) in [5.74, 6) is -0.784. The highest BCUT2D eigenvalue weighted by atomic mass is 32.2. The summed E-state index contributed by atoms with van der Waals surface area (Å²) >= 11 is 0. The molecule has 1 N–H and O–H groups in total. The molecule has 2 aromatic rings. The number of anilines is 2. The number of sulfonamides is 2. The fourth-order valence-electron chi connectivity index (χ4n) is 3.45. The van der Waals surface area contributed by atoms with Crippen molar-refractivity contribution in [1.29, 1.82) is 0 Å². The molecule has 0 bridgehead atoms. The molecule has 1 heterocycles. The predicted molar refractivity (Wildman–Crippen MR) is 121 cm³/mol. The number of carbonyl (C=O) groups excluding carboxylic acids is 1. The largest absolute Gasteiger partial charge is 0.326 e. The van der Waals surface area contributed by atoms with E-state index in [1.54, 1.807) is 48.5 Å². The normalized spacial score (nSPS) is 17.8. The molecule has 8 nitrogen and oxygen atoms in total. The van der Waals surface area contributed by atoms with Crippen LogP contribution in [0.1, 0.15) is 18.4 Å². The molecule has 168 valence electrons. The third-order valence-corrected chi connectivity index (χ3v) is 8.47. The van der Waals surface area contributed by atoms with Crippen LogP contribution in [0.5, 0.6) is 0 Å². The Bertz CT molecular complexity index is 1160. The molecule has 0 unspecified atom stereocenters. The quantitative estimate of drug-likeness (QED) is 0.706. The first-order valence-corrected chi connectivity index (χ1v) is 13.2. The summed E-state index contributed by atoms with van der Waals surface area (Å²) in [6, 6.07) is 13.2. The van der Waals surface area contributed by atoms with Gasteiger partial charge in [0.25, 0.3) is 0 Å². The van der Waals surface area contributed by atoms with Gasteiger partial charge in [0.1, 0.15) is 0 Å². The van der Waals surface area contributed by atoms with Crippen LogP contribution in [0.2, 0.25) is 0 Å². The van der Waals surface area contributed by atoms with Gasteiger partial charge in [0.05, 0.1) is 22.8 Å². The number of nitrogens with zero attached hydrogens (tertiary/aromatic N) is 2. The van der Waals surface area contributed by atoms with E-state index in [9.17, 15) is 21.6 Å². The fourth-order valence-corrected chi connectivity index (χ4v) is 5.47. The van der Waals surface area contributed by atoms with Crippen LogP contribution < -0.4 is 9.62 Å². The second kappa shape index (κ2) is 8.97. The second-order valence-electron chi connectivity index (χ2n) is 7.79. The van der Waals surface area contributed by atoms with Crippen LogP contribution in [0.25, 0.3) is 0 Å². The first-order valence-electron chi connectivity index (χ1n) is 9.90. The van der Waals surface area contributed by atoms with Gasteiger partial charge in [-0.3, -0.25) is 9.10 Å². The van der Waals surface area contributed by atoms with Crippen LogP contribution in [-0.4, -0.2) is 53.4 Å². The molecule has 0 aromatic heterocycles. The Hall–Kier alpha value is -2.43. The van der Waals surface area contributed by atoms with Crippen molar-refractivity contribution in [3.8, 4) is 0 Å². The van der Waals surface area contributed by atoms with E-state index in [1.807, 2.05) is 6.92 Å². The first kappa shape index (κ1) is 23.2. The SMILES string of the molecule is Cc1ccc(S(=O)(=O)N2CCC[C@@H](C(=O)Nc3cccc(N(C)S(C)(=O)=O)c3)C2)cc1. The number of nitrogens with one attached hydrogen (secondary N) is 1. The first-order chi connectivity index (χ1) is 14.5. The maximum Gasteiger partial charge on any atom is 0.243 e. The Balaban J connectivity index is 1.72. The van der Waals surface area contributed by atoms with Gasteiger partial charge < -0.3 is 5.32 Å². The van der Waals surface area contributed by atoms with Crippen molar-refractivity contribution in [3.05, 3.63) is 54.1 Å². The number of amides is 1. The maximum atomic E-state index is 13.0. The fraction of sp³-hybridized carbons (Fsp3) is 0.381. The van der Waals surface area contributed by atoms with Crippen LogP contribution >= 0.6 is 0 Å². The molecule has 31 heavy (non-hydrogen) atoms. The van der Waals surface area contributed by atoms with Crippen molar-refractivity contribution in [1.82, 2.24) is 4.31 Å².